The molecule has 1 aromatic rings. The molecule has 1 aromatic carbocycles. The first-order chi connectivity index (χ1) is 10.6. The molecule has 0 bridgehead atoms. The fraction of sp³-hybridized carbons (Fsp3) is 0.400. The smallest absolute Gasteiger partial charge is 0.340 e. The zero-order chi connectivity index (χ0) is 17.8. The molecule has 0 unspecified atom stereocenters. The Labute approximate surface area is 143 Å². The van der Waals surface area contributed by atoms with E-state index in [0.29, 0.717) is 0 Å². The summed E-state index contributed by atoms with van der Waals surface area (Å²) in [6.07, 6.45) is 0. The van der Waals surface area contributed by atoms with Crippen molar-refractivity contribution in [3.63, 3.8) is 0 Å². The maximum Gasteiger partial charge on any atom is 0.340 e. The molecule has 0 aliphatic rings. The largest absolute Gasteiger partial charge is 0.452 e. The van der Waals surface area contributed by atoms with Crippen LogP contribution in [0.5, 0.6) is 0 Å². The molecule has 0 heterocycles. The molecule has 0 aliphatic carbocycles. The Morgan fingerprint density at radius 1 is 1.39 bits per heavy atom. The predicted molar refractivity (Wildman–Crippen MR) is 83.7 cm³/mol. The van der Waals surface area contributed by atoms with Crippen LogP contribution in [0.25, 0.3) is 0 Å². The molecule has 0 saturated heterocycles. The summed E-state index contributed by atoms with van der Waals surface area (Å²) >= 11 is 11.3. The van der Waals surface area contributed by atoms with Crippen molar-refractivity contribution in [3.05, 3.63) is 33.6 Å². The Hall–Kier alpha value is -1.84. The summed E-state index contributed by atoms with van der Waals surface area (Å²) in [5.41, 5.74) is -1.33. The number of carbonyl (C=O) groups is 2. The summed E-state index contributed by atoms with van der Waals surface area (Å²) in [5, 5.41) is 11.3. The highest BCUT2D eigenvalue weighted by molar-refractivity contribution is 6.36. The van der Waals surface area contributed by atoms with Gasteiger partial charge in [-0.1, -0.05) is 37.0 Å². The second-order valence-corrected chi connectivity index (χ2v) is 6.15. The molecule has 8 heteroatoms. The van der Waals surface area contributed by atoms with Gasteiger partial charge in [-0.05, 0) is 25.0 Å². The van der Waals surface area contributed by atoms with Crippen LogP contribution in [0.4, 0.5) is 4.39 Å². The first-order valence-corrected chi connectivity index (χ1v) is 7.40. The van der Waals surface area contributed by atoms with Crippen molar-refractivity contribution in [1.82, 2.24) is 5.32 Å². The number of ether oxygens (including phenoxy) is 1. The molecule has 0 saturated carbocycles. The SMILES string of the molecule is CC(C)[C@@](C)(C#N)NC(=O)COC(=O)c1cc(F)c(Cl)cc1Cl. The Balaban J connectivity index is 2.72. The highest BCUT2D eigenvalue weighted by atomic mass is 35.5. The van der Waals surface area contributed by atoms with Gasteiger partial charge in [-0.3, -0.25) is 4.79 Å². The van der Waals surface area contributed by atoms with Gasteiger partial charge < -0.3 is 10.1 Å². The number of amides is 1. The summed E-state index contributed by atoms with van der Waals surface area (Å²) < 4.78 is 18.1. The van der Waals surface area contributed by atoms with E-state index in [4.69, 9.17) is 33.2 Å². The Kier molecular flexibility index (Phi) is 6.37. The summed E-state index contributed by atoms with van der Waals surface area (Å²) in [4.78, 5) is 23.6. The minimum atomic E-state index is -1.09. The van der Waals surface area contributed by atoms with Gasteiger partial charge in [0.2, 0.25) is 0 Å². The van der Waals surface area contributed by atoms with E-state index < -0.39 is 29.8 Å². The first-order valence-electron chi connectivity index (χ1n) is 6.64. The Bertz CT molecular complexity index is 673. The van der Waals surface area contributed by atoms with Crippen LogP contribution in [-0.4, -0.2) is 24.0 Å². The maximum atomic E-state index is 13.4. The molecule has 23 heavy (non-hydrogen) atoms. The van der Waals surface area contributed by atoms with Crippen molar-refractivity contribution in [1.29, 1.82) is 5.26 Å². The minimum Gasteiger partial charge on any atom is -0.452 e. The quantitative estimate of drug-likeness (QED) is 0.644. The summed E-state index contributed by atoms with van der Waals surface area (Å²) in [7, 11) is 0. The number of nitriles is 1. The van der Waals surface area contributed by atoms with E-state index >= 15 is 0 Å². The Morgan fingerprint density at radius 3 is 2.52 bits per heavy atom. The van der Waals surface area contributed by atoms with Gasteiger partial charge in [0, 0.05) is 0 Å². The van der Waals surface area contributed by atoms with Gasteiger partial charge in [-0.15, -0.1) is 0 Å². The predicted octanol–water partition coefficient (Wildman–Crippen LogP) is 3.34. The molecule has 0 aromatic heterocycles. The normalized spacial score (nSPS) is 13.1. The highest BCUT2D eigenvalue weighted by Crippen LogP contribution is 2.25. The molecule has 1 N–H and O–H groups in total. The lowest BCUT2D eigenvalue weighted by Gasteiger charge is -2.27. The molecule has 0 fully saturated rings. The van der Waals surface area contributed by atoms with Crippen molar-refractivity contribution in [3.8, 4) is 6.07 Å². The number of esters is 1. The van der Waals surface area contributed by atoms with Gasteiger partial charge >= 0.3 is 5.97 Å². The molecule has 0 radical (unpaired) electrons. The van der Waals surface area contributed by atoms with E-state index in [9.17, 15) is 14.0 Å². The van der Waals surface area contributed by atoms with Crippen molar-refractivity contribution >= 4 is 35.1 Å². The van der Waals surface area contributed by atoms with Gasteiger partial charge in [0.05, 0.1) is 21.7 Å². The van der Waals surface area contributed by atoms with Crippen LogP contribution in [-0.2, 0) is 9.53 Å². The number of benzene rings is 1. The van der Waals surface area contributed by atoms with E-state index in [-0.39, 0.29) is 21.5 Å². The van der Waals surface area contributed by atoms with Gasteiger partial charge in [0.1, 0.15) is 11.4 Å². The van der Waals surface area contributed by atoms with Gasteiger partial charge in [0.15, 0.2) is 6.61 Å². The number of carbonyl (C=O) groups excluding carboxylic acids is 2. The number of nitrogens with one attached hydrogen (secondary N) is 1. The fourth-order valence-corrected chi connectivity index (χ4v) is 1.98. The van der Waals surface area contributed by atoms with Crippen molar-refractivity contribution in [2.24, 2.45) is 5.92 Å². The molecule has 0 aliphatic heterocycles. The summed E-state index contributed by atoms with van der Waals surface area (Å²) in [6, 6.07) is 3.89. The van der Waals surface area contributed by atoms with E-state index in [1.807, 2.05) is 6.07 Å². The van der Waals surface area contributed by atoms with E-state index in [1.165, 1.54) is 0 Å². The molecule has 0 spiro atoms. The van der Waals surface area contributed by atoms with Crippen molar-refractivity contribution < 1.29 is 18.7 Å². The number of nitrogens with zero attached hydrogens (tertiary/aromatic N) is 1. The number of hydrogen-bond donors (Lipinski definition) is 1. The second kappa shape index (κ2) is 7.62. The molecule has 1 rings (SSSR count). The van der Waals surface area contributed by atoms with Crippen LogP contribution in [0.2, 0.25) is 10.0 Å². The van der Waals surface area contributed by atoms with Gasteiger partial charge in [-0.25, -0.2) is 9.18 Å². The lowest BCUT2D eigenvalue weighted by molar-refractivity contribution is -0.125. The lowest BCUT2D eigenvalue weighted by Crippen LogP contribution is -2.50. The average molecular weight is 361 g/mol. The zero-order valence-electron chi connectivity index (χ0n) is 12.7. The first kappa shape index (κ1) is 19.2. The number of hydrogen-bond acceptors (Lipinski definition) is 4. The summed E-state index contributed by atoms with van der Waals surface area (Å²) in [6.45, 7) is 4.48. The van der Waals surface area contributed by atoms with Crippen LogP contribution in [0.15, 0.2) is 12.1 Å². The van der Waals surface area contributed by atoms with Gasteiger partial charge in [0.25, 0.3) is 5.91 Å². The van der Waals surface area contributed by atoms with E-state index in [2.05, 4.69) is 5.32 Å². The molecule has 5 nitrogen and oxygen atoms in total. The van der Waals surface area contributed by atoms with E-state index in [1.54, 1.807) is 20.8 Å². The highest BCUT2D eigenvalue weighted by Gasteiger charge is 2.30. The standard InChI is InChI=1S/C15H15Cl2FN2O3/c1-8(2)15(3,7-19)20-13(21)6-23-14(22)9-4-12(18)11(17)5-10(9)16/h4-5,8H,6H2,1-3H3,(H,20,21)/t15-/m1/s1. The minimum absolute atomic E-state index is 0.0918. The molecule has 124 valence electrons. The lowest BCUT2D eigenvalue weighted by atomic mass is 9.90. The second-order valence-electron chi connectivity index (χ2n) is 5.34. The van der Waals surface area contributed by atoms with Crippen LogP contribution in [0.3, 0.4) is 0 Å². The zero-order valence-corrected chi connectivity index (χ0v) is 14.3. The molecule has 1 atom stereocenters. The van der Waals surface area contributed by atoms with Crippen molar-refractivity contribution in [2.75, 3.05) is 6.61 Å². The topological polar surface area (TPSA) is 79.2 Å². The monoisotopic (exact) mass is 360 g/mol. The van der Waals surface area contributed by atoms with Crippen LogP contribution < -0.4 is 5.32 Å². The maximum absolute atomic E-state index is 13.4. The number of rotatable bonds is 5. The third-order valence-electron chi connectivity index (χ3n) is 3.35. The summed E-state index contributed by atoms with van der Waals surface area (Å²) in [5.74, 6) is -2.60. The van der Waals surface area contributed by atoms with Crippen molar-refractivity contribution in [2.45, 2.75) is 26.3 Å². The molecule has 1 amide bonds. The fourth-order valence-electron chi connectivity index (χ4n) is 1.51. The van der Waals surface area contributed by atoms with Crippen LogP contribution in [0.1, 0.15) is 31.1 Å². The molecular weight excluding hydrogens is 346 g/mol. The van der Waals surface area contributed by atoms with Crippen LogP contribution >= 0.6 is 23.2 Å². The number of halogens is 3. The molecular formula is C15H15Cl2FN2O3. The third-order valence-corrected chi connectivity index (χ3v) is 3.95. The van der Waals surface area contributed by atoms with E-state index in [0.717, 1.165) is 12.1 Å². The van der Waals surface area contributed by atoms with Gasteiger partial charge in [-0.2, -0.15) is 5.26 Å². The Morgan fingerprint density at radius 2 is 2.00 bits per heavy atom. The van der Waals surface area contributed by atoms with Crippen LogP contribution in [0, 0.1) is 23.1 Å². The average Bonchev–Trinajstić information content (AvgIpc) is 2.48. The third kappa shape index (κ3) is 4.81.